The molecule has 1 spiro atoms. The molecule has 3 aromatic carbocycles. The fourth-order valence-electron chi connectivity index (χ4n) is 4.39. The molecule has 7 heteroatoms. The third kappa shape index (κ3) is 3.98. The van der Waals surface area contributed by atoms with Gasteiger partial charge in [-0.05, 0) is 66.4 Å². The maximum absolute atomic E-state index is 13.9. The molecule has 5 rings (SSSR count). The van der Waals surface area contributed by atoms with Gasteiger partial charge in [-0.3, -0.25) is 9.59 Å². The van der Waals surface area contributed by atoms with Crippen molar-refractivity contribution in [2.75, 3.05) is 5.32 Å². The lowest BCUT2D eigenvalue weighted by Crippen LogP contribution is -2.52. The van der Waals surface area contributed by atoms with Crippen molar-refractivity contribution in [3.05, 3.63) is 100 Å². The molecular weight excluding hydrogens is 434 g/mol. The molecule has 2 heterocycles. The van der Waals surface area contributed by atoms with Crippen molar-refractivity contribution in [2.45, 2.75) is 31.2 Å². The van der Waals surface area contributed by atoms with Crippen molar-refractivity contribution in [3.63, 3.8) is 0 Å². The number of anilines is 1. The first-order valence-corrected chi connectivity index (χ1v) is 10.6. The summed E-state index contributed by atoms with van der Waals surface area (Å²) in [5.41, 5.74) is 1.29. The predicted molar refractivity (Wildman–Crippen MR) is 119 cm³/mol. The fraction of sp³-hybridized carbons (Fsp3) is 0.200. The van der Waals surface area contributed by atoms with Gasteiger partial charge in [-0.2, -0.15) is 0 Å². The maximum atomic E-state index is 13.9. The van der Waals surface area contributed by atoms with Gasteiger partial charge in [0.25, 0.3) is 0 Å². The number of rotatable bonds is 1. The van der Waals surface area contributed by atoms with Gasteiger partial charge in [0.15, 0.2) is 0 Å². The van der Waals surface area contributed by atoms with Crippen LogP contribution >= 0.6 is 11.6 Å². The van der Waals surface area contributed by atoms with E-state index < -0.39 is 23.1 Å². The number of halogens is 3. The minimum absolute atomic E-state index is 0.176. The number of hydrogen-bond donors (Lipinski definition) is 2. The molecule has 0 aromatic heterocycles. The minimum Gasteiger partial charge on any atom is -0.348 e. The highest BCUT2D eigenvalue weighted by Gasteiger charge is 2.55. The first kappa shape index (κ1) is 22.0. The van der Waals surface area contributed by atoms with Gasteiger partial charge in [-0.1, -0.05) is 41.9 Å². The van der Waals surface area contributed by atoms with Gasteiger partial charge in [0, 0.05) is 17.1 Å². The second-order valence-corrected chi connectivity index (χ2v) is 8.35. The van der Waals surface area contributed by atoms with E-state index in [1.54, 1.807) is 12.1 Å². The number of nitrogens with one attached hydrogen (secondary N) is 2. The van der Waals surface area contributed by atoms with Crippen molar-refractivity contribution < 1.29 is 18.4 Å². The van der Waals surface area contributed by atoms with Crippen molar-refractivity contribution in [1.29, 1.82) is 0 Å². The molecule has 2 aliphatic rings. The maximum Gasteiger partial charge on any atom is 0.237 e. The molecule has 1 fully saturated rings. The number of hydrogen-bond acceptors (Lipinski definition) is 2. The number of amides is 2. The highest BCUT2D eigenvalue weighted by molar-refractivity contribution is 6.30. The molecule has 2 atom stereocenters. The van der Waals surface area contributed by atoms with Gasteiger partial charge in [-0.15, -0.1) is 0 Å². The van der Waals surface area contributed by atoms with E-state index in [-0.39, 0.29) is 24.7 Å². The van der Waals surface area contributed by atoms with Crippen LogP contribution in [0.5, 0.6) is 0 Å². The Balaban J connectivity index is 0.000000300. The second-order valence-electron chi connectivity index (χ2n) is 7.91. The number of carbonyl (C=O) groups excluding carboxylic acids is 2. The lowest BCUT2D eigenvalue weighted by molar-refractivity contribution is -0.130. The molecule has 4 nitrogen and oxygen atoms in total. The molecule has 0 aliphatic carbocycles. The van der Waals surface area contributed by atoms with Crippen molar-refractivity contribution >= 4 is 29.1 Å². The molecule has 164 valence electrons. The summed E-state index contributed by atoms with van der Waals surface area (Å²) in [6.07, 6.45) is 0.457. The zero-order valence-electron chi connectivity index (χ0n) is 17.3. The standard InChI is InChI=1S/C19H16F2N2O2.C6H5Cl/c1-10-2-3-11(20)8-13(10)17-19(7-6-16(24)23-17)14-5-4-12(21)9-15(14)22-18(19)25;7-6-4-2-1-3-5-6/h2-5,8-9,17H,6-7H2,1H3,(H,22,25)(H,23,24);1-5H/t17-,19-;/m1./s1. The zero-order valence-corrected chi connectivity index (χ0v) is 18.0. The third-order valence-corrected chi connectivity index (χ3v) is 6.20. The molecular formula is C25H21ClF2N2O2. The number of aryl methyl sites for hydroxylation is 1. The van der Waals surface area contributed by atoms with Crippen LogP contribution in [0.4, 0.5) is 14.5 Å². The van der Waals surface area contributed by atoms with E-state index >= 15 is 0 Å². The van der Waals surface area contributed by atoms with Crippen LogP contribution in [0.25, 0.3) is 0 Å². The number of piperidine rings is 1. The molecule has 32 heavy (non-hydrogen) atoms. The molecule has 2 N–H and O–H groups in total. The zero-order chi connectivity index (χ0) is 22.9. The quantitative estimate of drug-likeness (QED) is 0.513. The fourth-order valence-corrected chi connectivity index (χ4v) is 4.54. The Morgan fingerprint density at radius 3 is 2.34 bits per heavy atom. The first-order valence-electron chi connectivity index (χ1n) is 10.2. The van der Waals surface area contributed by atoms with Crippen LogP contribution < -0.4 is 10.6 Å². The number of carbonyl (C=O) groups is 2. The van der Waals surface area contributed by atoms with Gasteiger partial charge in [0.05, 0.1) is 6.04 Å². The van der Waals surface area contributed by atoms with Crippen LogP contribution in [-0.4, -0.2) is 11.8 Å². The van der Waals surface area contributed by atoms with Crippen LogP contribution in [0.2, 0.25) is 5.02 Å². The molecule has 2 amide bonds. The second kappa shape index (κ2) is 8.71. The smallest absolute Gasteiger partial charge is 0.237 e. The topological polar surface area (TPSA) is 58.2 Å². The van der Waals surface area contributed by atoms with Crippen LogP contribution in [0.1, 0.15) is 35.6 Å². The van der Waals surface area contributed by atoms with Crippen molar-refractivity contribution in [1.82, 2.24) is 5.32 Å². The SMILES string of the molecule is Cc1ccc(F)cc1[C@H]1NC(=O)CC[C@]12C(=O)Nc1cc(F)ccc12.Clc1ccccc1. The molecule has 0 unspecified atom stereocenters. The molecule has 2 aliphatic heterocycles. The molecule has 0 bridgehead atoms. The highest BCUT2D eigenvalue weighted by atomic mass is 35.5. The average molecular weight is 455 g/mol. The lowest BCUT2D eigenvalue weighted by Gasteiger charge is -2.41. The summed E-state index contributed by atoms with van der Waals surface area (Å²) in [7, 11) is 0. The van der Waals surface area contributed by atoms with Crippen LogP contribution in [-0.2, 0) is 15.0 Å². The van der Waals surface area contributed by atoms with E-state index in [0.717, 1.165) is 10.6 Å². The minimum atomic E-state index is -1.07. The summed E-state index contributed by atoms with van der Waals surface area (Å²) in [6, 6.07) is 17.2. The molecule has 0 saturated carbocycles. The van der Waals surface area contributed by atoms with Gasteiger partial charge >= 0.3 is 0 Å². The number of fused-ring (bicyclic) bond motifs is 2. The van der Waals surface area contributed by atoms with E-state index in [1.807, 2.05) is 37.3 Å². The Bertz CT molecular complexity index is 1190. The van der Waals surface area contributed by atoms with Gasteiger partial charge in [-0.25, -0.2) is 8.78 Å². The molecule has 1 saturated heterocycles. The van der Waals surface area contributed by atoms with Crippen LogP contribution in [0, 0.1) is 18.6 Å². The summed E-state index contributed by atoms with van der Waals surface area (Å²) < 4.78 is 27.4. The Morgan fingerprint density at radius 1 is 0.969 bits per heavy atom. The van der Waals surface area contributed by atoms with E-state index in [1.165, 1.54) is 24.3 Å². The Kier molecular flexibility index (Phi) is 5.98. The molecule has 3 aromatic rings. The van der Waals surface area contributed by atoms with Crippen molar-refractivity contribution in [3.8, 4) is 0 Å². The Labute approximate surface area is 189 Å². The largest absolute Gasteiger partial charge is 0.348 e. The Hall–Kier alpha value is -3.25. The third-order valence-electron chi connectivity index (χ3n) is 5.95. The summed E-state index contributed by atoms with van der Waals surface area (Å²) in [5.74, 6) is -1.38. The first-order chi connectivity index (χ1) is 15.3. The Morgan fingerprint density at radius 2 is 1.66 bits per heavy atom. The summed E-state index contributed by atoms with van der Waals surface area (Å²) in [6.45, 7) is 1.81. The normalized spacial score (nSPS) is 21.3. The van der Waals surface area contributed by atoms with Crippen LogP contribution in [0.15, 0.2) is 66.7 Å². The van der Waals surface area contributed by atoms with Gasteiger partial charge in [0.1, 0.15) is 17.0 Å². The summed E-state index contributed by atoms with van der Waals surface area (Å²) in [4.78, 5) is 25.0. The summed E-state index contributed by atoms with van der Waals surface area (Å²) >= 11 is 5.54. The highest BCUT2D eigenvalue weighted by Crippen LogP contribution is 2.51. The van der Waals surface area contributed by atoms with Gasteiger partial charge in [0.2, 0.25) is 11.8 Å². The van der Waals surface area contributed by atoms with Crippen LogP contribution in [0.3, 0.4) is 0 Å². The van der Waals surface area contributed by atoms with E-state index in [2.05, 4.69) is 10.6 Å². The van der Waals surface area contributed by atoms with Crippen molar-refractivity contribution in [2.24, 2.45) is 0 Å². The summed E-state index contributed by atoms with van der Waals surface area (Å²) in [5, 5.41) is 6.38. The van der Waals surface area contributed by atoms with Gasteiger partial charge < -0.3 is 10.6 Å². The number of benzene rings is 3. The van der Waals surface area contributed by atoms with E-state index in [0.29, 0.717) is 16.8 Å². The van der Waals surface area contributed by atoms with E-state index in [4.69, 9.17) is 11.6 Å². The monoisotopic (exact) mass is 454 g/mol. The molecule has 0 radical (unpaired) electrons. The predicted octanol–water partition coefficient (Wildman–Crippen LogP) is 5.45. The average Bonchev–Trinajstić information content (AvgIpc) is 3.03. The lowest BCUT2D eigenvalue weighted by atomic mass is 9.67. The van der Waals surface area contributed by atoms with E-state index in [9.17, 15) is 18.4 Å².